The van der Waals surface area contributed by atoms with Crippen LogP contribution in [0.4, 0.5) is 0 Å². The van der Waals surface area contributed by atoms with Gasteiger partial charge in [0.05, 0.1) is 11.5 Å². The molecule has 0 radical (unpaired) electrons. The molecule has 0 heterocycles. The number of hydrogen-bond donors (Lipinski definition) is 2. The van der Waals surface area contributed by atoms with Crippen LogP contribution in [0.3, 0.4) is 0 Å². The number of carbonyl (C=O) groups is 1. The van der Waals surface area contributed by atoms with E-state index >= 15 is 0 Å². The Morgan fingerprint density at radius 2 is 2.10 bits per heavy atom. The van der Waals surface area contributed by atoms with Crippen LogP contribution in [-0.4, -0.2) is 26.0 Å². The number of nitriles is 1. The van der Waals surface area contributed by atoms with E-state index in [1.54, 1.807) is 19.9 Å². The van der Waals surface area contributed by atoms with E-state index < -0.39 is 21.9 Å². The largest absolute Gasteiger partial charge is 0.481 e. The summed E-state index contributed by atoms with van der Waals surface area (Å²) in [5.41, 5.74) is -0.0525. The monoisotopic (exact) mass is 330 g/mol. The van der Waals surface area contributed by atoms with Crippen molar-refractivity contribution in [1.29, 1.82) is 5.26 Å². The fourth-order valence-corrected chi connectivity index (χ4v) is 3.17. The molecule has 1 atom stereocenters. The molecule has 0 aromatic heterocycles. The SMILES string of the molecule is CC(C)C(CNS(=O)(=O)c1cc(Cl)ccc1C#N)C(=O)O. The van der Waals surface area contributed by atoms with Crippen molar-refractivity contribution < 1.29 is 18.3 Å². The quantitative estimate of drug-likeness (QED) is 0.827. The average Bonchev–Trinajstić information content (AvgIpc) is 2.37. The zero-order valence-corrected chi connectivity index (χ0v) is 13.1. The van der Waals surface area contributed by atoms with Crippen molar-refractivity contribution in [2.45, 2.75) is 18.7 Å². The van der Waals surface area contributed by atoms with Gasteiger partial charge in [-0.15, -0.1) is 0 Å². The number of sulfonamides is 1. The Kier molecular flexibility index (Phi) is 5.72. The van der Waals surface area contributed by atoms with Gasteiger partial charge in [0.15, 0.2) is 0 Å². The van der Waals surface area contributed by atoms with Crippen LogP contribution in [0.25, 0.3) is 0 Å². The van der Waals surface area contributed by atoms with Gasteiger partial charge < -0.3 is 5.11 Å². The van der Waals surface area contributed by atoms with Crippen molar-refractivity contribution in [1.82, 2.24) is 4.72 Å². The van der Waals surface area contributed by atoms with E-state index in [0.717, 1.165) is 6.07 Å². The van der Waals surface area contributed by atoms with Gasteiger partial charge in [-0.3, -0.25) is 4.79 Å². The molecule has 0 aliphatic carbocycles. The minimum atomic E-state index is -4.01. The molecule has 1 unspecified atom stereocenters. The van der Waals surface area contributed by atoms with E-state index in [0.29, 0.717) is 0 Å². The number of benzene rings is 1. The first kappa shape index (κ1) is 17.4. The number of aliphatic carboxylic acids is 1. The molecular weight excluding hydrogens is 316 g/mol. The van der Waals surface area contributed by atoms with Crippen LogP contribution >= 0.6 is 11.6 Å². The third-order valence-electron chi connectivity index (χ3n) is 2.97. The maximum absolute atomic E-state index is 12.2. The van der Waals surface area contributed by atoms with Crippen LogP contribution in [0.5, 0.6) is 0 Å². The van der Waals surface area contributed by atoms with E-state index in [1.807, 2.05) is 0 Å². The number of rotatable bonds is 6. The minimum Gasteiger partial charge on any atom is -0.481 e. The first-order valence-electron chi connectivity index (χ1n) is 6.11. The highest BCUT2D eigenvalue weighted by Gasteiger charge is 2.26. The number of nitrogens with zero attached hydrogens (tertiary/aromatic N) is 1. The van der Waals surface area contributed by atoms with Crippen LogP contribution in [0, 0.1) is 23.2 Å². The lowest BCUT2D eigenvalue weighted by atomic mass is 9.97. The molecule has 21 heavy (non-hydrogen) atoms. The summed E-state index contributed by atoms with van der Waals surface area (Å²) in [5, 5.41) is 18.2. The normalized spacial score (nSPS) is 12.9. The van der Waals surface area contributed by atoms with Gasteiger partial charge in [-0.2, -0.15) is 5.26 Å². The number of nitrogens with one attached hydrogen (secondary N) is 1. The number of hydrogen-bond acceptors (Lipinski definition) is 4. The molecule has 0 saturated carbocycles. The van der Waals surface area contributed by atoms with Crippen LogP contribution in [0.2, 0.25) is 5.02 Å². The third kappa shape index (κ3) is 4.43. The second-order valence-electron chi connectivity index (χ2n) is 4.79. The predicted octanol–water partition coefficient (Wildman–Crippen LogP) is 1.85. The zero-order valence-electron chi connectivity index (χ0n) is 11.5. The summed E-state index contributed by atoms with van der Waals surface area (Å²) >= 11 is 5.75. The van der Waals surface area contributed by atoms with Crippen molar-refractivity contribution in [3.05, 3.63) is 28.8 Å². The fraction of sp³-hybridized carbons (Fsp3) is 0.385. The van der Waals surface area contributed by atoms with Crippen molar-refractivity contribution in [2.24, 2.45) is 11.8 Å². The molecule has 0 amide bonds. The maximum Gasteiger partial charge on any atom is 0.308 e. The van der Waals surface area contributed by atoms with Gasteiger partial charge in [0.1, 0.15) is 11.0 Å². The molecule has 8 heteroatoms. The molecule has 1 aromatic carbocycles. The van der Waals surface area contributed by atoms with Gasteiger partial charge in [-0.1, -0.05) is 25.4 Å². The average molecular weight is 331 g/mol. The number of carboxylic acid groups (broad SMARTS) is 1. The smallest absolute Gasteiger partial charge is 0.308 e. The lowest BCUT2D eigenvalue weighted by molar-refractivity contribution is -0.142. The van der Waals surface area contributed by atoms with E-state index in [2.05, 4.69) is 4.72 Å². The van der Waals surface area contributed by atoms with Gasteiger partial charge in [0, 0.05) is 11.6 Å². The highest BCUT2D eigenvalue weighted by molar-refractivity contribution is 7.89. The minimum absolute atomic E-state index is 0.0525. The summed E-state index contributed by atoms with van der Waals surface area (Å²) in [7, 11) is -4.01. The summed E-state index contributed by atoms with van der Waals surface area (Å²) in [6.45, 7) is 3.12. The summed E-state index contributed by atoms with van der Waals surface area (Å²) in [5.74, 6) is -2.18. The van der Waals surface area contributed by atoms with Crippen molar-refractivity contribution in [2.75, 3.05) is 6.54 Å². The Balaban J connectivity index is 3.06. The molecule has 114 valence electrons. The lowest BCUT2D eigenvalue weighted by Crippen LogP contribution is -2.35. The fourth-order valence-electron chi connectivity index (χ4n) is 1.70. The molecule has 0 spiro atoms. The third-order valence-corrected chi connectivity index (χ3v) is 4.67. The van der Waals surface area contributed by atoms with E-state index in [-0.39, 0.29) is 27.9 Å². The second kappa shape index (κ2) is 6.89. The molecule has 0 fully saturated rings. The molecule has 0 aliphatic heterocycles. The van der Waals surface area contributed by atoms with Crippen LogP contribution in [-0.2, 0) is 14.8 Å². The van der Waals surface area contributed by atoms with Crippen LogP contribution in [0.1, 0.15) is 19.4 Å². The van der Waals surface area contributed by atoms with Gasteiger partial charge >= 0.3 is 5.97 Å². The van der Waals surface area contributed by atoms with Gasteiger partial charge in [0.25, 0.3) is 0 Å². The summed E-state index contributed by atoms with van der Waals surface area (Å²) in [6.07, 6.45) is 0. The van der Waals surface area contributed by atoms with E-state index in [4.69, 9.17) is 22.0 Å². The zero-order chi connectivity index (χ0) is 16.2. The molecule has 6 nitrogen and oxygen atoms in total. The standard InChI is InChI=1S/C13H15ClN2O4S/c1-8(2)11(13(17)18)7-16-21(19,20)12-5-10(14)4-3-9(12)6-15/h3-5,8,11,16H,7H2,1-2H3,(H,17,18). The topological polar surface area (TPSA) is 107 Å². The molecular formula is C13H15ClN2O4S. The number of carboxylic acids is 1. The predicted molar refractivity (Wildman–Crippen MR) is 77.3 cm³/mol. The molecule has 1 rings (SSSR count). The first-order valence-corrected chi connectivity index (χ1v) is 7.97. The first-order chi connectivity index (χ1) is 9.69. The molecule has 2 N–H and O–H groups in total. The van der Waals surface area contributed by atoms with E-state index in [9.17, 15) is 13.2 Å². The van der Waals surface area contributed by atoms with Crippen LogP contribution < -0.4 is 4.72 Å². The van der Waals surface area contributed by atoms with E-state index in [1.165, 1.54) is 12.1 Å². The number of halogens is 1. The Labute approximate surface area is 128 Å². The Hall–Kier alpha value is -1.62. The maximum atomic E-state index is 12.2. The highest BCUT2D eigenvalue weighted by atomic mass is 35.5. The molecule has 0 aliphatic rings. The van der Waals surface area contributed by atoms with Gasteiger partial charge in [0.2, 0.25) is 10.0 Å². The van der Waals surface area contributed by atoms with Crippen molar-refractivity contribution in [3.8, 4) is 6.07 Å². The van der Waals surface area contributed by atoms with Crippen molar-refractivity contribution >= 4 is 27.6 Å². The van der Waals surface area contributed by atoms with Crippen LogP contribution in [0.15, 0.2) is 23.1 Å². The summed E-state index contributed by atoms with van der Waals surface area (Å²) < 4.78 is 26.6. The highest BCUT2D eigenvalue weighted by Crippen LogP contribution is 2.20. The molecule has 1 aromatic rings. The summed E-state index contributed by atoms with van der Waals surface area (Å²) in [4.78, 5) is 10.8. The second-order valence-corrected chi connectivity index (χ2v) is 6.96. The van der Waals surface area contributed by atoms with Gasteiger partial charge in [-0.05, 0) is 24.1 Å². The molecule has 0 saturated heterocycles. The summed E-state index contributed by atoms with van der Waals surface area (Å²) in [6, 6.07) is 5.64. The molecule has 0 bridgehead atoms. The Bertz CT molecular complexity index is 680. The Morgan fingerprint density at radius 3 is 2.57 bits per heavy atom. The van der Waals surface area contributed by atoms with Gasteiger partial charge in [-0.25, -0.2) is 13.1 Å². The Morgan fingerprint density at radius 1 is 1.48 bits per heavy atom. The van der Waals surface area contributed by atoms with Crippen molar-refractivity contribution in [3.63, 3.8) is 0 Å². The lowest BCUT2D eigenvalue weighted by Gasteiger charge is -2.17.